The highest BCUT2D eigenvalue weighted by molar-refractivity contribution is 7.07. The summed E-state index contributed by atoms with van der Waals surface area (Å²) in [6.45, 7) is 2.24. The number of hydrogen-bond donors (Lipinski definition) is 2. The molecule has 2 aromatic heterocycles. The monoisotopic (exact) mass is 333 g/mol. The van der Waals surface area contributed by atoms with Crippen molar-refractivity contribution < 1.29 is 4.39 Å². The maximum atomic E-state index is 13.8. The molecule has 0 aromatic carbocycles. The van der Waals surface area contributed by atoms with Gasteiger partial charge >= 0.3 is 0 Å². The zero-order chi connectivity index (χ0) is 16.1. The van der Waals surface area contributed by atoms with Crippen molar-refractivity contribution in [2.45, 2.75) is 19.0 Å². The minimum absolute atomic E-state index is 0.227. The summed E-state index contributed by atoms with van der Waals surface area (Å²) < 4.78 is 13.8. The second-order valence-corrected chi connectivity index (χ2v) is 6.22. The molecule has 0 bridgehead atoms. The molecule has 0 saturated carbocycles. The molecule has 5 nitrogen and oxygen atoms in total. The van der Waals surface area contributed by atoms with E-state index in [9.17, 15) is 4.39 Å². The second-order valence-electron chi connectivity index (χ2n) is 5.44. The third kappa shape index (κ3) is 3.98. The number of hydrogen-bond acceptors (Lipinski definition) is 4. The Labute approximate surface area is 139 Å². The Hall–Kier alpha value is -2.15. The van der Waals surface area contributed by atoms with E-state index in [-0.39, 0.29) is 11.9 Å². The summed E-state index contributed by atoms with van der Waals surface area (Å²) in [7, 11) is 1.76. The average molecular weight is 333 g/mol. The molecule has 1 aliphatic heterocycles. The Kier molecular flexibility index (Phi) is 5.07. The molecule has 1 atom stereocenters. The quantitative estimate of drug-likeness (QED) is 0.665. The van der Waals surface area contributed by atoms with Crippen LogP contribution in [0.1, 0.15) is 12.0 Å². The molecule has 3 heterocycles. The van der Waals surface area contributed by atoms with Gasteiger partial charge in [0.05, 0.1) is 0 Å². The summed E-state index contributed by atoms with van der Waals surface area (Å²) in [5.41, 5.74) is 1.24. The van der Waals surface area contributed by atoms with Crippen LogP contribution in [0.3, 0.4) is 0 Å². The van der Waals surface area contributed by atoms with Crippen LogP contribution in [0.4, 0.5) is 10.2 Å². The number of aliphatic imine (C=N–C) groups is 1. The number of aromatic nitrogens is 1. The first-order chi connectivity index (χ1) is 11.3. The van der Waals surface area contributed by atoms with E-state index in [1.165, 1.54) is 11.6 Å². The number of rotatable bonds is 4. The maximum absolute atomic E-state index is 13.8. The van der Waals surface area contributed by atoms with Gasteiger partial charge in [-0.3, -0.25) is 4.99 Å². The average Bonchev–Trinajstić information content (AvgIpc) is 3.23. The van der Waals surface area contributed by atoms with Gasteiger partial charge in [-0.1, -0.05) is 0 Å². The number of halogens is 1. The van der Waals surface area contributed by atoms with Crippen molar-refractivity contribution >= 4 is 23.1 Å². The van der Waals surface area contributed by atoms with Crippen molar-refractivity contribution in [2.75, 3.05) is 25.0 Å². The fourth-order valence-corrected chi connectivity index (χ4v) is 3.32. The lowest BCUT2D eigenvalue weighted by Crippen LogP contribution is -2.44. The van der Waals surface area contributed by atoms with Gasteiger partial charge in [0.2, 0.25) is 0 Å². The van der Waals surface area contributed by atoms with Crippen molar-refractivity contribution in [1.29, 1.82) is 0 Å². The molecule has 1 saturated heterocycles. The molecule has 3 rings (SSSR count). The molecule has 2 aromatic rings. The zero-order valence-electron chi connectivity index (χ0n) is 13.0. The van der Waals surface area contributed by atoms with Crippen LogP contribution in [0, 0.1) is 5.82 Å². The van der Waals surface area contributed by atoms with Crippen LogP contribution in [-0.2, 0) is 6.54 Å². The first-order valence-electron chi connectivity index (χ1n) is 7.60. The van der Waals surface area contributed by atoms with Crippen molar-refractivity contribution in [3.63, 3.8) is 0 Å². The second kappa shape index (κ2) is 7.41. The SMILES string of the molecule is CN=C(NCc1ccsc1)NC1CCN(c2ncccc2F)C1. The smallest absolute Gasteiger partial charge is 0.191 e. The minimum atomic E-state index is -0.270. The highest BCUT2D eigenvalue weighted by atomic mass is 32.1. The molecule has 1 fully saturated rings. The number of anilines is 1. The van der Waals surface area contributed by atoms with Crippen LogP contribution in [0.2, 0.25) is 0 Å². The Balaban J connectivity index is 1.53. The summed E-state index contributed by atoms with van der Waals surface area (Å²) in [5, 5.41) is 10.9. The molecule has 7 heteroatoms. The molecular weight excluding hydrogens is 313 g/mol. The third-order valence-corrected chi connectivity index (χ3v) is 4.56. The Morgan fingerprint density at radius 1 is 1.52 bits per heavy atom. The number of pyridine rings is 1. The van der Waals surface area contributed by atoms with E-state index in [4.69, 9.17) is 0 Å². The largest absolute Gasteiger partial charge is 0.352 e. The van der Waals surface area contributed by atoms with E-state index >= 15 is 0 Å². The number of nitrogens with zero attached hydrogens (tertiary/aromatic N) is 3. The summed E-state index contributed by atoms with van der Waals surface area (Å²) in [6.07, 6.45) is 2.55. The van der Waals surface area contributed by atoms with Gasteiger partial charge in [-0.25, -0.2) is 9.37 Å². The molecule has 122 valence electrons. The topological polar surface area (TPSA) is 52.6 Å². The molecule has 23 heavy (non-hydrogen) atoms. The summed E-state index contributed by atoms with van der Waals surface area (Å²) in [6, 6.07) is 5.38. The molecule has 0 radical (unpaired) electrons. The van der Waals surface area contributed by atoms with Gasteiger partial charge in [0.1, 0.15) is 0 Å². The van der Waals surface area contributed by atoms with Crippen LogP contribution in [0.5, 0.6) is 0 Å². The lowest BCUT2D eigenvalue weighted by molar-refractivity contribution is 0.612. The van der Waals surface area contributed by atoms with Gasteiger partial charge in [-0.05, 0) is 40.9 Å². The molecule has 1 aliphatic rings. The van der Waals surface area contributed by atoms with Crippen LogP contribution >= 0.6 is 11.3 Å². The lowest BCUT2D eigenvalue weighted by Gasteiger charge is -2.19. The molecule has 0 amide bonds. The summed E-state index contributed by atoms with van der Waals surface area (Å²) in [4.78, 5) is 10.4. The highest BCUT2D eigenvalue weighted by Gasteiger charge is 2.25. The first-order valence-corrected chi connectivity index (χ1v) is 8.54. The summed E-state index contributed by atoms with van der Waals surface area (Å²) in [5.74, 6) is 0.927. The summed E-state index contributed by atoms with van der Waals surface area (Å²) >= 11 is 1.68. The third-order valence-electron chi connectivity index (χ3n) is 3.83. The van der Waals surface area contributed by atoms with E-state index < -0.39 is 0 Å². The van der Waals surface area contributed by atoms with E-state index in [2.05, 4.69) is 37.4 Å². The van der Waals surface area contributed by atoms with Gasteiger partial charge in [0.25, 0.3) is 0 Å². The van der Waals surface area contributed by atoms with Crippen molar-refractivity contribution in [3.05, 3.63) is 46.5 Å². The Morgan fingerprint density at radius 2 is 2.43 bits per heavy atom. The van der Waals surface area contributed by atoms with Gasteiger partial charge in [-0.15, -0.1) is 0 Å². The zero-order valence-corrected chi connectivity index (χ0v) is 13.8. The van der Waals surface area contributed by atoms with Crippen LogP contribution < -0.4 is 15.5 Å². The highest BCUT2D eigenvalue weighted by Crippen LogP contribution is 2.20. The fraction of sp³-hybridized carbons (Fsp3) is 0.375. The van der Waals surface area contributed by atoms with Gasteiger partial charge < -0.3 is 15.5 Å². The van der Waals surface area contributed by atoms with Gasteiger partial charge in [0, 0.05) is 38.9 Å². The van der Waals surface area contributed by atoms with Crippen molar-refractivity contribution in [2.24, 2.45) is 4.99 Å². The van der Waals surface area contributed by atoms with Crippen molar-refractivity contribution in [1.82, 2.24) is 15.6 Å². The van der Waals surface area contributed by atoms with Crippen LogP contribution in [0.25, 0.3) is 0 Å². The maximum Gasteiger partial charge on any atom is 0.191 e. The number of guanidine groups is 1. The van der Waals surface area contributed by atoms with Crippen molar-refractivity contribution in [3.8, 4) is 0 Å². The Bertz CT molecular complexity index is 658. The van der Waals surface area contributed by atoms with Crippen LogP contribution in [-0.4, -0.2) is 37.1 Å². The van der Waals surface area contributed by atoms with Gasteiger partial charge in [-0.2, -0.15) is 11.3 Å². The van der Waals surface area contributed by atoms with E-state index in [1.54, 1.807) is 30.6 Å². The Morgan fingerprint density at radius 3 is 3.17 bits per heavy atom. The molecule has 1 unspecified atom stereocenters. The first kappa shape index (κ1) is 15.7. The van der Waals surface area contributed by atoms with E-state index in [1.807, 2.05) is 4.90 Å². The number of nitrogens with one attached hydrogen (secondary N) is 2. The van der Waals surface area contributed by atoms with Gasteiger partial charge in [0.15, 0.2) is 17.6 Å². The standard InChI is InChI=1S/C16H20FN5S/c1-18-16(20-9-12-5-8-23-11-12)21-13-4-7-22(10-13)15-14(17)3-2-6-19-15/h2-3,5-6,8,11,13H,4,7,9-10H2,1H3,(H2,18,20,21). The molecule has 2 N–H and O–H groups in total. The predicted molar refractivity (Wildman–Crippen MR) is 92.5 cm³/mol. The lowest BCUT2D eigenvalue weighted by atomic mass is 10.3. The molecule has 0 spiro atoms. The van der Waals surface area contributed by atoms with Crippen LogP contribution in [0.15, 0.2) is 40.1 Å². The predicted octanol–water partition coefficient (Wildman–Crippen LogP) is 2.23. The van der Waals surface area contributed by atoms with E-state index in [0.29, 0.717) is 12.4 Å². The normalized spacial score (nSPS) is 18.3. The molecule has 0 aliphatic carbocycles. The number of thiophene rings is 1. The van der Waals surface area contributed by atoms with E-state index in [0.717, 1.165) is 25.5 Å². The molecular formula is C16H20FN5S. The minimum Gasteiger partial charge on any atom is -0.352 e. The fourth-order valence-electron chi connectivity index (χ4n) is 2.65.